The second-order valence-corrected chi connectivity index (χ2v) is 3.66. The predicted molar refractivity (Wildman–Crippen MR) is 50.5 cm³/mol. The van der Waals surface area contributed by atoms with Gasteiger partial charge in [0.1, 0.15) is 6.10 Å². The molecule has 2 rings (SSSR count). The quantitative estimate of drug-likeness (QED) is 0.739. The van der Waals surface area contributed by atoms with Gasteiger partial charge in [0.05, 0.1) is 22.9 Å². The van der Waals surface area contributed by atoms with Gasteiger partial charge in [-0.15, -0.1) is 0 Å². The van der Waals surface area contributed by atoms with Gasteiger partial charge in [-0.25, -0.2) is 0 Å². The molecule has 12 heavy (non-hydrogen) atoms. The Morgan fingerprint density at radius 2 is 2.50 bits per heavy atom. The van der Waals surface area contributed by atoms with Crippen molar-refractivity contribution in [2.24, 2.45) is 0 Å². The van der Waals surface area contributed by atoms with Crippen molar-refractivity contribution in [1.82, 2.24) is 4.98 Å². The van der Waals surface area contributed by atoms with Gasteiger partial charge in [0.2, 0.25) is 0 Å². The number of nitrogens with one attached hydrogen (secondary N) is 1. The molecule has 1 aromatic rings. The Bertz CT molecular complexity index is 303. The Morgan fingerprint density at radius 3 is 3.33 bits per heavy atom. The van der Waals surface area contributed by atoms with Gasteiger partial charge in [-0.2, -0.15) is 0 Å². The minimum Gasteiger partial charge on any atom is -0.485 e. The van der Waals surface area contributed by atoms with Crippen LogP contribution in [0.1, 0.15) is 6.92 Å². The third-order valence-electron chi connectivity index (χ3n) is 1.75. The number of pyridine rings is 1. The van der Waals surface area contributed by atoms with Crippen molar-refractivity contribution in [2.45, 2.75) is 13.0 Å². The van der Waals surface area contributed by atoms with Crippen LogP contribution in [0, 0.1) is 0 Å². The van der Waals surface area contributed by atoms with E-state index in [1.54, 1.807) is 12.4 Å². The largest absolute Gasteiger partial charge is 0.485 e. The molecule has 0 radical (unpaired) electrons. The lowest BCUT2D eigenvalue weighted by molar-refractivity contribution is 0.224. The molecule has 0 saturated carbocycles. The maximum absolute atomic E-state index is 5.61. The third-order valence-corrected chi connectivity index (χ3v) is 2.32. The van der Waals surface area contributed by atoms with Gasteiger partial charge in [-0.3, -0.25) is 4.98 Å². The fourth-order valence-electron chi connectivity index (χ4n) is 1.17. The van der Waals surface area contributed by atoms with E-state index < -0.39 is 0 Å². The first-order chi connectivity index (χ1) is 5.77. The fraction of sp³-hybridized carbons (Fsp3) is 0.375. The second kappa shape index (κ2) is 2.94. The third kappa shape index (κ3) is 1.27. The van der Waals surface area contributed by atoms with E-state index in [0.717, 1.165) is 22.5 Å². The van der Waals surface area contributed by atoms with Gasteiger partial charge in [0.25, 0.3) is 0 Å². The fourth-order valence-corrected chi connectivity index (χ4v) is 1.59. The highest BCUT2D eigenvalue weighted by Gasteiger charge is 2.17. The van der Waals surface area contributed by atoms with E-state index in [4.69, 9.17) is 4.74 Å². The Hall–Kier alpha value is -0.770. The molecule has 0 unspecified atom stereocenters. The minimum absolute atomic E-state index is 0.219. The number of anilines is 1. The molecule has 4 heteroatoms. The Labute approximate surface area is 79.3 Å². The summed E-state index contributed by atoms with van der Waals surface area (Å²) in [5, 5.41) is 3.24. The van der Waals surface area contributed by atoms with Crippen molar-refractivity contribution in [3.8, 4) is 5.75 Å². The Balaban J connectivity index is 2.43. The standard InChI is InChI=1S/C8H9BrN2O/c1-5-2-11-7-4-10-3-6(9)8(7)12-5/h3-5,11H,2H2,1H3/t5-/m1/s1. The average Bonchev–Trinajstić information content (AvgIpc) is 2.07. The molecule has 1 atom stereocenters. The van der Waals surface area contributed by atoms with Crippen molar-refractivity contribution in [2.75, 3.05) is 11.9 Å². The van der Waals surface area contributed by atoms with Crippen LogP contribution in [0.5, 0.6) is 5.75 Å². The van der Waals surface area contributed by atoms with E-state index in [2.05, 4.69) is 26.2 Å². The molecule has 1 N–H and O–H groups in total. The molecule has 0 aromatic carbocycles. The van der Waals surface area contributed by atoms with Gasteiger partial charge in [-0.1, -0.05) is 0 Å². The summed E-state index contributed by atoms with van der Waals surface area (Å²) in [4.78, 5) is 4.03. The number of aromatic nitrogens is 1. The molecule has 0 fully saturated rings. The lowest BCUT2D eigenvalue weighted by atomic mass is 10.3. The van der Waals surface area contributed by atoms with Crippen LogP contribution in [-0.2, 0) is 0 Å². The van der Waals surface area contributed by atoms with E-state index in [1.165, 1.54) is 0 Å². The predicted octanol–water partition coefficient (Wildman–Crippen LogP) is 2.04. The molecular weight excluding hydrogens is 220 g/mol. The molecule has 3 nitrogen and oxygen atoms in total. The van der Waals surface area contributed by atoms with Crippen molar-refractivity contribution in [3.63, 3.8) is 0 Å². The SMILES string of the molecule is C[C@@H]1CNc2cncc(Br)c2O1. The molecule has 2 heterocycles. The van der Waals surface area contributed by atoms with Crippen LogP contribution in [0.25, 0.3) is 0 Å². The van der Waals surface area contributed by atoms with Crippen LogP contribution in [-0.4, -0.2) is 17.6 Å². The zero-order valence-electron chi connectivity index (χ0n) is 6.67. The maximum atomic E-state index is 5.61. The van der Waals surface area contributed by atoms with E-state index >= 15 is 0 Å². The highest BCUT2D eigenvalue weighted by atomic mass is 79.9. The number of rotatable bonds is 0. The smallest absolute Gasteiger partial charge is 0.160 e. The zero-order chi connectivity index (χ0) is 8.55. The van der Waals surface area contributed by atoms with Crippen molar-refractivity contribution < 1.29 is 4.74 Å². The van der Waals surface area contributed by atoms with Crippen LogP contribution in [0.4, 0.5) is 5.69 Å². The molecule has 1 aliphatic heterocycles. The number of ether oxygens (including phenoxy) is 1. The summed E-state index contributed by atoms with van der Waals surface area (Å²) < 4.78 is 6.52. The van der Waals surface area contributed by atoms with Gasteiger partial charge in [0.15, 0.2) is 5.75 Å². The summed E-state index contributed by atoms with van der Waals surface area (Å²) >= 11 is 3.38. The molecule has 0 spiro atoms. The van der Waals surface area contributed by atoms with Crippen molar-refractivity contribution >= 4 is 21.6 Å². The van der Waals surface area contributed by atoms with Crippen LogP contribution < -0.4 is 10.1 Å². The minimum atomic E-state index is 0.219. The van der Waals surface area contributed by atoms with Crippen LogP contribution in [0.15, 0.2) is 16.9 Å². The number of nitrogens with zero attached hydrogens (tertiary/aromatic N) is 1. The van der Waals surface area contributed by atoms with Crippen molar-refractivity contribution in [1.29, 1.82) is 0 Å². The Kier molecular flexibility index (Phi) is 1.92. The lowest BCUT2D eigenvalue weighted by Crippen LogP contribution is -2.27. The number of halogens is 1. The number of hydrogen-bond acceptors (Lipinski definition) is 3. The van der Waals surface area contributed by atoms with Crippen LogP contribution >= 0.6 is 15.9 Å². The summed E-state index contributed by atoms with van der Waals surface area (Å²) in [6, 6.07) is 0. The summed E-state index contributed by atoms with van der Waals surface area (Å²) in [6.45, 7) is 2.87. The highest BCUT2D eigenvalue weighted by Crippen LogP contribution is 2.34. The first-order valence-corrected chi connectivity index (χ1v) is 4.60. The molecule has 1 aliphatic rings. The van der Waals surface area contributed by atoms with Gasteiger partial charge in [0, 0.05) is 6.20 Å². The van der Waals surface area contributed by atoms with Crippen LogP contribution in [0.2, 0.25) is 0 Å². The maximum Gasteiger partial charge on any atom is 0.160 e. The average molecular weight is 229 g/mol. The molecule has 0 aliphatic carbocycles. The van der Waals surface area contributed by atoms with Crippen molar-refractivity contribution in [3.05, 3.63) is 16.9 Å². The number of hydrogen-bond donors (Lipinski definition) is 1. The van der Waals surface area contributed by atoms with Gasteiger partial charge in [-0.05, 0) is 22.9 Å². The molecule has 0 bridgehead atoms. The second-order valence-electron chi connectivity index (χ2n) is 2.81. The molecular formula is C8H9BrN2O. The topological polar surface area (TPSA) is 34.2 Å². The highest BCUT2D eigenvalue weighted by molar-refractivity contribution is 9.10. The van der Waals surface area contributed by atoms with E-state index in [1.807, 2.05) is 6.92 Å². The van der Waals surface area contributed by atoms with Gasteiger partial charge >= 0.3 is 0 Å². The molecule has 1 aromatic heterocycles. The van der Waals surface area contributed by atoms with E-state index in [0.29, 0.717) is 0 Å². The summed E-state index contributed by atoms with van der Waals surface area (Å²) in [5.74, 6) is 0.865. The van der Waals surface area contributed by atoms with Crippen LogP contribution in [0.3, 0.4) is 0 Å². The van der Waals surface area contributed by atoms with E-state index in [-0.39, 0.29) is 6.10 Å². The lowest BCUT2D eigenvalue weighted by Gasteiger charge is -2.24. The van der Waals surface area contributed by atoms with E-state index in [9.17, 15) is 0 Å². The first-order valence-electron chi connectivity index (χ1n) is 3.81. The summed E-state index contributed by atoms with van der Waals surface area (Å²) in [5.41, 5.74) is 0.961. The summed E-state index contributed by atoms with van der Waals surface area (Å²) in [6.07, 6.45) is 3.72. The first kappa shape index (κ1) is 7.86. The summed E-state index contributed by atoms with van der Waals surface area (Å²) in [7, 11) is 0. The monoisotopic (exact) mass is 228 g/mol. The normalized spacial score (nSPS) is 20.7. The molecule has 0 saturated heterocycles. The number of fused-ring (bicyclic) bond motifs is 1. The molecule has 64 valence electrons. The molecule has 0 amide bonds. The zero-order valence-corrected chi connectivity index (χ0v) is 8.26. The Morgan fingerprint density at radius 1 is 1.67 bits per heavy atom. The van der Waals surface area contributed by atoms with Gasteiger partial charge < -0.3 is 10.1 Å².